The van der Waals surface area contributed by atoms with Gasteiger partial charge in [0.2, 0.25) is 15.9 Å². The van der Waals surface area contributed by atoms with Gasteiger partial charge in [-0.25, -0.2) is 8.42 Å². The molecule has 0 bridgehead atoms. The molecule has 1 aromatic heterocycles. The summed E-state index contributed by atoms with van der Waals surface area (Å²) in [5.41, 5.74) is 0. The number of nitrogens with one attached hydrogen (secondary N) is 1. The van der Waals surface area contributed by atoms with Crippen LogP contribution in [-0.4, -0.2) is 63.3 Å². The fraction of sp³-hybridized carbons (Fsp3) is 0.545. The third-order valence-corrected chi connectivity index (χ3v) is 6.79. The molecule has 6 nitrogen and oxygen atoms in total. The predicted octanol–water partition coefficient (Wildman–Crippen LogP) is 1.11. The van der Waals surface area contributed by atoms with Gasteiger partial charge in [-0.05, 0) is 6.07 Å². The minimum atomic E-state index is -3.86. The van der Waals surface area contributed by atoms with E-state index in [1.54, 1.807) is 14.1 Å². The molecule has 10 heteroatoms. The highest BCUT2D eigenvalue weighted by Gasteiger charge is 2.39. The molecule has 1 N–H and O–H groups in total. The third-order valence-electron chi connectivity index (χ3n) is 3.13. The van der Waals surface area contributed by atoms with Gasteiger partial charge < -0.3 is 10.2 Å². The number of piperazine rings is 1. The normalized spacial score (nSPS) is 20.5. The average molecular weight is 372 g/mol. The number of likely N-dealkylation sites (N-methyl/N-ethyl adjacent to an activating group) is 1. The lowest BCUT2D eigenvalue weighted by atomic mass is 10.2. The number of carbonyl (C=O) groups is 1. The van der Waals surface area contributed by atoms with Crippen molar-refractivity contribution in [2.75, 3.05) is 33.7 Å². The van der Waals surface area contributed by atoms with Crippen LogP contribution in [0.5, 0.6) is 0 Å². The van der Waals surface area contributed by atoms with Gasteiger partial charge in [-0.3, -0.25) is 4.79 Å². The van der Waals surface area contributed by atoms with Crippen LogP contribution in [0, 0.1) is 0 Å². The molecule has 0 saturated carbocycles. The lowest BCUT2D eigenvalue weighted by Crippen LogP contribution is -2.59. The molecule has 2 rings (SSSR count). The zero-order valence-corrected chi connectivity index (χ0v) is 14.6. The van der Waals surface area contributed by atoms with Crippen molar-refractivity contribution in [2.45, 2.75) is 10.9 Å². The first-order valence-electron chi connectivity index (χ1n) is 6.13. The van der Waals surface area contributed by atoms with E-state index in [9.17, 15) is 13.2 Å². The summed E-state index contributed by atoms with van der Waals surface area (Å²) in [5, 5.41) is 3.03. The second-order valence-corrected chi connectivity index (χ2v) is 8.90. The summed E-state index contributed by atoms with van der Waals surface area (Å²) in [7, 11) is -0.673. The van der Waals surface area contributed by atoms with E-state index in [-0.39, 0.29) is 28.2 Å². The van der Waals surface area contributed by atoms with E-state index in [1.807, 2.05) is 0 Å². The summed E-state index contributed by atoms with van der Waals surface area (Å²) < 4.78 is 27.1. The molecule has 0 radical (unpaired) electrons. The van der Waals surface area contributed by atoms with Gasteiger partial charge in [0.15, 0.2) is 0 Å². The lowest BCUT2D eigenvalue weighted by Gasteiger charge is -2.35. The molecule has 1 atom stereocenters. The molecular formula is C11H15Cl2N3O3S2. The fourth-order valence-corrected chi connectivity index (χ4v) is 5.81. The molecule has 1 fully saturated rings. The zero-order valence-electron chi connectivity index (χ0n) is 11.5. The van der Waals surface area contributed by atoms with Gasteiger partial charge in [0.25, 0.3) is 0 Å². The molecule has 21 heavy (non-hydrogen) atoms. The van der Waals surface area contributed by atoms with Crippen molar-refractivity contribution in [3.8, 4) is 0 Å². The highest BCUT2D eigenvalue weighted by atomic mass is 35.5. The van der Waals surface area contributed by atoms with Crippen molar-refractivity contribution in [3.63, 3.8) is 0 Å². The summed E-state index contributed by atoms with van der Waals surface area (Å²) in [6, 6.07) is 0.539. The maximum atomic E-state index is 12.7. The molecular weight excluding hydrogens is 357 g/mol. The monoisotopic (exact) mass is 371 g/mol. The molecule has 0 spiro atoms. The van der Waals surface area contributed by atoms with Gasteiger partial charge in [-0.1, -0.05) is 23.2 Å². The van der Waals surface area contributed by atoms with Crippen LogP contribution in [0.3, 0.4) is 0 Å². The molecule has 1 aromatic rings. The van der Waals surface area contributed by atoms with Crippen molar-refractivity contribution in [2.24, 2.45) is 0 Å². The largest absolute Gasteiger partial charge is 0.347 e. The van der Waals surface area contributed by atoms with E-state index in [0.717, 1.165) is 11.3 Å². The van der Waals surface area contributed by atoms with E-state index in [1.165, 1.54) is 15.3 Å². The molecule has 118 valence electrons. The Morgan fingerprint density at radius 1 is 1.48 bits per heavy atom. The highest BCUT2D eigenvalue weighted by molar-refractivity contribution is 7.89. The summed E-state index contributed by atoms with van der Waals surface area (Å²) in [6.45, 7) is 0.952. The third kappa shape index (κ3) is 3.35. The smallest absolute Gasteiger partial charge is 0.246 e. The van der Waals surface area contributed by atoms with Gasteiger partial charge in [-0.15, -0.1) is 11.3 Å². The van der Waals surface area contributed by atoms with Gasteiger partial charge in [0, 0.05) is 33.7 Å². The molecule has 1 saturated heterocycles. The molecule has 1 aliphatic rings. The quantitative estimate of drug-likeness (QED) is 0.863. The van der Waals surface area contributed by atoms with Crippen LogP contribution < -0.4 is 5.32 Å². The average Bonchev–Trinajstić information content (AvgIpc) is 2.77. The lowest BCUT2D eigenvalue weighted by molar-refractivity contribution is -0.133. The van der Waals surface area contributed by atoms with Crippen LogP contribution in [0.4, 0.5) is 0 Å². The highest BCUT2D eigenvalue weighted by Crippen LogP contribution is 2.36. The topological polar surface area (TPSA) is 69.7 Å². The predicted molar refractivity (Wildman–Crippen MR) is 83.6 cm³/mol. The Labute approximate surface area is 137 Å². The van der Waals surface area contributed by atoms with Crippen molar-refractivity contribution in [3.05, 3.63) is 14.7 Å². The molecule has 1 aliphatic heterocycles. The van der Waals surface area contributed by atoms with Crippen molar-refractivity contribution >= 4 is 50.5 Å². The first kappa shape index (κ1) is 17.0. The second kappa shape index (κ2) is 6.39. The van der Waals surface area contributed by atoms with E-state index < -0.39 is 16.1 Å². The first-order valence-corrected chi connectivity index (χ1v) is 9.15. The van der Waals surface area contributed by atoms with Crippen LogP contribution in [0.1, 0.15) is 0 Å². The molecule has 0 aromatic carbocycles. The Kier molecular flexibility index (Phi) is 5.17. The van der Waals surface area contributed by atoms with Gasteiger partial charge in [-0.2, -0.15) is 4.31 Å². The Balaban J connectivity index is 2.41. The first-order chi connectivity index (χ1) is 9.75. The minimum absolute atomic E-state index is 0.0439. The number of amides is 1. The van der Waals surface area contributed by atoms with Crippen LogP contribution in [-0.2, 0) is 14.8 Å². The summed E-state index contributed by atoms with van der Waals surface area (Å²) >= 11 is 12.8. The van der Waals surface area contributed by atoms with Gasteiger partial charge >= 0.3 is 0 Å². The van der Waals surface area contributed by atoms with Crippen LogP contribution in [0.25, 0.3) is 0 Å². The molecule has 1 amide bonds. The maximum Gasteiger partial charge on any atom is 0.246 e. The second-order valence-electron chi connectivity index (χ2n) is 4.76. The number of hydrogen-bond donors (Lipinski definition) is 1. The summed E-state index contributed by atoms with van der Waals surface area (Å²) in [4.78, 5) is 13.5. The molecule has 1 unspecified atom stereocenters. The van der Waals surface area contributed by atoms with Gasteiger partial charge in [0.05, 0.1) is 4.34 Å². The number of halogens is 2. The van der Waals surface area contributed by atoms with Crippen molar-refractivity contribution < 1.29 is 13.2 Å². The van der Waals surface area contributed by atoms with E-state index in [0.29, 0.717) is 10.9 Å². The van der Waals surface area contributed by atoms with E-state index in [2.05, 4.69) is 5.32 Å². The zero-order chi connectivity index (χ0) is 15.8. The standard InChI is InChI=1S/C11H15Cl2N3O3S2/c1-15(2)11(17)7-6-14-3-4-16(7)21(18,19)8-5-9(12)20-10(8)13/h5,7,14H,3-4,6H2,1-2H3. The van der Waals surface area contributed by atoms with Crippen molar-refractivity contribution in [1.82, 2.24) is 14.5 Å². The van der Waals surface area contributed by atoms with Crippen molar-refractivity contribution in [1.29, 1.82) is 0 Å². The SMILES string of the molecule is CN(C)C(=O)C1CNCCN1S(=O)(=O)c1cc(Cl)sc1Cl. The number of carbonyl (C=O) groups excluding carboxylic acids is 1. The number of nitrogens with zero attached hydrogens (tertiary/aromatic N) is 2. The summed E-state index contributed by atoms with van der Waals surface area (Å²) in [5.74, 6) is -0.275. The van der Waals surface area contributed by atoms with Crippen LogP contribution >= 0.6 is 34.5 Å². The van der Waals surface area contributed by atoms with Crippen LogP contribution in [0.15, 0.2) is 11.0 Å². The number of thiophene rings is 1. The summed E-state index contributed by atoms with van der Waals surface area (Å²) in [6.07, 6.45) is 0. The van der Waals surface area contributed by atoms with E-state index >= 15 is 0 Å². The van der Waals surface area contributed by atoms with Crippen LogP contribution in [0.2, 0.25) is 8.67 Å². The molecule has 2 heterocycles. The number of rotatable bonds is 3. The maximum absolute atomic E-state index is 12.7. The minimum Gasteiger partial charge on any atom is -0.347 e. The number of sulfonamides is 1. The van der Waals surface area contributed by atoms with E-state index in [4.69, 9.17) is 23.2 Å². The molecule has 0 aliphatic carbocycles. The Morgan fingerprint density at radius 2 is 2.14 bits per heavy atom. The fourth-order valence-electron chi connectivity index (χ4n) is 2.11. The Morgan fingerprint density at radius 3 is 2.67 bits per heavy atom. The number of hydrogen-bond acceptors (Lipinski definition) is 5. The van der Waals surface area contributed by atoms with Gasteiger partial charge in [0.1, 0.15) is 15.3 Å². The Hall–Kier alpha value is -0.380. The Bertz CT molecular complexity index is 645.